The number of nitrogens with zero attached hydrogens (tertiary/aromatic N) is 1. The Labute approximate surface area is 130 Å². The Balaban J connectivity index is 1.85. The fourth-order valence-electron chi connectivity index (χ4n) is 3.11. The number of carbonyl (C=O) groups excluding carboxylic acids is 2. The van der Waals surface area contributed by atoms with Crippen LogP contribution in [0.3, 0.4) is 0 Å². The summed E-state index contributed by atoms with van der Waals surface area (Å²) in [5.74, 6) is 0.753. The van der Waals surface area contributed by atoms with Crippen LogP contribution in [0.25, 0.3) is 0 Å². The number of piperidine rings is 1. The van der Waals surface area contributed by atoms with E-state index >= 15 is 0 Å². The third-order valence-corrected chi connectivity index (χ3v) is 4.58. The minimum atomic E-state index is -0.203. The molecule has 2 amide bonds. The van der Waals surface area contributed by atoms with Gasteiger partial charge in [-0.15, -0.1) is 0 Å². The second-order valence-corrected chi connectivity index (χ2v) is 6.15. The Morgan fingerprint density at radius 1 is 1.23 bits per heavy atom. The van der Waals surface area contributed by atoms with Crippen molar-refractivity contribution in [2.45, 2.75) is 37.8 Å². The van der Waals surface area contributed by atoms with Gasteiger partial charge in [0.15, 0.2) is 0 Å². The van der Waals surface area contributed by atoms with Crippen LogP contribution in [0.15, 0.2) is 24.3 Å². The molecule has 2 fully saturated rings. The van der Waals surface area contributed by atoms with Crippen molar-refractivity contribution in [2.75, 3.05) is 14.2 Å². The van der Waals surface area contributed by atoms with Crippen LogP contribution in [0, 0.1) is 5.92 Å². The van der Waals surface area contributed by atoms with Gasteiger partial charge in [-0.25, -0.2) is 0 Å². The average molecular weight is 302 g/mol. The third-order valence-electron chi connectivity index (χ3n) is 4.58. The number of methoxy groups -OCH3 is 1. The molecule has 5 heteroatoms. The first kappa shape index (κ1) is 14.9. The first-order chi connectivity index (χ1) is 10.6. The summed E-state index contributed by atoms with van der Waals surface area (Å²) in [6.07, 6.45) is 3.19. The second kappa shape index (κ2) is 5.99. The van der Waals surface area contributed by atoms with Crippen LogP contribution in [0.2, 0.25) is 0 Å². The van der Waals surface area contributed by atoms with Gasteiger partial charge in [-0.1, -0.05) is 12.1 Å². The van der Waals surface area contributed by atoms with E-state index in [0.29, 0.717) is 18.9 Å². The molecule has 1 aromatic rings. The molecule has 2 atom stereocenters. The molecule has 118 valence electrons. The molecule has 1 saturated heterocycles. The SMILES string of the molecule is COc1ccc([C@@H]2[C@@H](C(=O)NC3CC3)CCC(=O)N2C)cc1. The molecule has 1 aliphatic carbocycles. The van der Waals surface area contributed by atoms with Crippen molar-refractivity contribution < 1.29 is 14.3 Å². The van der Waals surface area contributed by atoms with Crippen LogP contribution in [0.1, 0.15) is 37.3 Å². The maximum atomic E-state index is 12.5. The number of ether oxygens (including phenoxy) is 1. The lowest BCUT2D eigenvalue weighted by atomic mass is 9.84. The maximum Gasteiger partial charge on any atom is 0.225 e. The van der Waals surface area contributed by atoms with Crippen LogP contribution in [-0.4, -0.2) is 36.9 Å². The number of hydrogen-bond acceptors (Lipinski definition) is 3. The summed E-state index contributed by atoms with van der Waals surface area (Å²) in [7, 11) is 3.41. The van der Waals surface area contributed by atoms with Crippen molar-refractivity contribution in [3.8, 4) is 5.75 Å². The third kappa shape index (κ3) is 2.93. The van der Waals surface area contributed by atoms with Gasteiger partial charge in [-0.2, -0.15) is 0 Å². The van der Waals surface area contributed by atoms with Crippen molar-refractivity contribution in [2.24, 2.45) is 5.92 Å². The fraction of sp³-hybridized carbons (Fsp3) is 0.529. The number of hydrogen-bond donors (Lipinski definition) is 1. The summed E-state index contributed by atoms with van der Waals surface area (Å²) in [6, 6.07) is 7.76. The first-order valence-electron chi connectivity index (χ1n) is 7.80. The van der Waals surface area contributed by atoms with Gasteiger partial charge >= 0.3 is 0 Å². The molecular formula is C17H22N2O3. The summed E-state index contributed by atoms with van der Waals surface area (Å²) >= 11 is 0. The van der Waals surface area contributed by atoms with E-state index in [2.05, 4.69) is 5.32 Å². The van der Waals surface area contributed by atoms with E-state index < -0.39 is 0 Å². The Hall–Kier alpha value is -2.04. The molecular weight excluding hydrogens is 280 g/mol. The smallest absolute Gasteiger partial charge is 0.225 e. The van der Waals surface area contributed by atoms with Crippen LogP contribution < -0.4 is 10.1 Å². The lowest BCUT2D eigenvalue weighted by molar-refractivity contribution is -0.141. The van der Waals surface area contributed by atoms with Crippen LogP contribution in [0.5, 0.6) is 5.75 Å². The second-order valence-electron chi connectivity index (χ2n) is 6.15. The molecule has 0 spiro atoms. The van der Waals surface area contributed by atoms with E-state index in [9.17, 15) is 9.59 Å². The Kier molecular flexibility index (Phi) is 4.05. The molecule has 0 aromatic heterocycles. The van der Waals surface area contributed by atoms with Gasteiger partial charge in [-0.3, -0.25) is 9.59 Å². The minimum Gasteiger partial charge on any atom is -0.497 e. The molecule has 0 radical (unpaired) electrons. The summed E-state index contributed by atoms with van der Waals surface area (Å²) in [4.78, 5) is 26.3. The highest BCUT2D eigenvalue weighted by atomic mass is 16.5. The van der Waals surface area contributed by atoms with Gasteiger partial charge in [0.05, 0.1) is 19.1 Å². The molecule has 1 heterocycles. The van der Waals surface area contributed by atoms with E-state index in [-0.39, 0.29) is 23.8 Å². The van der Waals surface area contributed by atoms with Crippen LogP contribution in [0.4, 0.5) is 0 Å². The molecule has 1 aromatic carbocycles. The van der Waals surface area contributed by atoms with E-state index in [1.54, 1.807) is 19.1 Å². The molecule has 1 N–H and O–H groups in total. The van der Waals surface area contributed by atoms with E-state index in [1.165, 1.54) is 0 Å². The molecule has 5 nitrogen and oxygen atoms in total. The zero-order valence-corrected chi connectivity index (χ0v) is 13.0. The zero-order valence-electron chi connectivity index (χ0n) is 13.0. The Morgan fingerprint density at radius 2 is 1.91 bits per heavy atom. The van der Waals surface area contributed by atoms with Crippen LogP contribution >= 0.6 is 0 Å². The predicted octanol–water partition coefficient (Wildman–Crippen LogP) is 1.88. The predicted molar refractivity (Wildman–Crippen MR) is 82.4 cm³/mol. The summed E-state index contributed by atoms with van der Waals surface area (Å²) in [5.41, 5.74) is 0.979. The van der Waals surface area contributed by atoms with Crippen molar-refractivity contribution in [1.82, 2.24) is 10.2 Å². The van der Waals surface area contributed by atoms with Gasteiger partial charge in [0, 0.05) is 19.5 Å². The number of nitrogens with one attached hydrogen (secondary N) is 1. The maximum absolute atomic E-state index is 12.5. The number of likely N-dealkylation sites (tertiary alicyclic amines) is 1. The van der Waals surface area contributed by atoms with Gasteiger partial charge in [0.1, 0.15) is 5.75 Å². The zero-order chi connectivity index (χ0) is 15.7. The molecule has 1 aliphatic heterocycles. The summed E-state index contributed by atoms with van der Waals surface area (Å²) < 4.78 is 5.18. The van der Waals surface area contributed by atoms with Crippen molar-refractivity contribution in [3.63, 3.8) is 0 Å². The topological polar surface area (TPSA) is 58.6 Å². The van der Waals surface area contributed by atoms with Gasteiger partial charge in [0.25, 0.3) is 0 Å². The lowest BCUT2D eigenvalue weighted by Crippen LogP contribution is -2.46. The largest absolute Gasteiger partial charge is 0.497 e. The Morgan fingerprint density at radius 3 is 2.50 bits per heavy atom. The van der Waals surface area contributed by atoms with Gasteiger partial charge in [-0.05, 0) is 37.0 Å². The first-order valence-corrected chi connectivity index (χ1v) is 7.80. The number of amides is 2. The van der Waals surface area contributed by atoms with Crippen molar-refractivity contribution >= 4 is 11.8 Å². The van der Waals surface area contributed by atoms with Crippen molar-refractivity contribution in [1.29, 1.82) is 0 Å². The minimum absolute atomic E-state index is 0.0719. The van der Waals surface area contributed by atoms with Crippen LogP contribution in [-0.2, 0) is 9.59 Å². The summed E-state index contributed by atoms with van der Waals surface area (Å²) in [6.45, 7) is 0. The summed E-state index contributed by atoms with van der Waals surface area (Å²) in [5, 5.41) is 3.08. The highest BCUT2D eigenvalue weighted by Crippen LogP contribution is 2.37. The molecule has 0 bridgehead atoms. The van der Waals surface area contributed by atoms with E-state index in [4.69, 9.17) is 4.74 Å². The van der Waals surface area contributed by atoms with E-state index in [0.717, 1.165) is 24.2 Å². The quantitative estimate of drug-likeness (QED) is 0.924. The van der Waals surface area contributed by atoms with Gasteiger partial charge in [0.2, 0.25) is 11.8 Å². The molecule has 22 heavy (non-hydrogen) atoms. The normalized spacial score (nSPS) is 25.0. The number of carbonyl (C=O) groups is 2. The number of benzene rings is 1. The monoisotopic (exact) mass is 302 g/mol. The van der Waals surface area contributed by atoms with E-state index in [1.807, 2.05) is 24.3 Å². The molecule has 3 rings (SSSR count). The van der Waals surface area contributed by atoms with Crippen molar-refractivity contribution in [3.05, 3.63) is 29.8 Å². The average Bonchev–Trinajstić information content (AvgIpc) is 3.34. The standard InChI is InChI=1S/C17H22N2O3/c1-19-15(20)10-9-14(17(21)18-12-5-6-12)16(19)11-3-7-13(22-2)8-4-11/h3-4,7-8,12,14,16H,5-6,9-10H2,1-2H3,(H,18,21)/t14-,16+/m0/s1. The number of rotatable bonds is 4. The van der Waals surface area contributed by atoms with Gasteiger partial charge < -0.3 is 15.0 Å². The fourth-order valence-corrected chi connectivity index (χ4v) is 3.11. The molecule has 0 unspecified atom stereocenters. The highest BCUT2D eigenvalue weighted by Gasteiger charge is 2.40. The molecule has 1 saturated carbocycles. The lowest BCUT2D eigenvalue weighted by Gasteiger charge is -2.38. The molecule has 2 aliphatic rings. The Bertz CT molecular complexity index is 566. The highest BCUT2D eigenvalue weighted by molar-refractivity contribution is 5.85.